The molecule has 0 spiro atoms. The molecule has 0 aliphatic carbocycles. The Morgan fingerprint density at radius 1 is 1.53 bits per heavy atom. The third-order valence-electron chi connectivity index (χ3n) is 2.80. The monoisotopic (exact) mass is 266 g/mol. The van der Waals surface area contributed by atoms with E-state index in [0.717, 1.165) is 6.29 Å². The third kappa shape index (κ3) is 3.81. The van der Waals surface area contributed by atoms with E-state index in [2.05, 4.69) is 10.4 Å². The van der Waals surface area contributed by atoms with Crippen LogP contribution in [0.25, 0.3) is 0 Å². The number of nitrogens with zero attached hydrogens (tertiary/aromatic N) is 3. The van der Waals surface area contributed by atoms with Crippen LogP contribution >= 0.6 is 0 Å². The SMILES string of the molecule is Cc1nn(C)c(N(C)CC(=O)NCC(C)C)c1C=O. The number of anilines is 1. The second-order valence-electron chi connectivity index (χ2n) is 5.12. The molecule has 0 aliphatic rings. The molecular formula is C13H22N4O2. The second-order valence-corrected chi connectivity index (χ2v) is 5.12. The molecule has 6 nitrogen and oxygen atoms in total. The van der Waals surface area contributed by atoms with Crippen LogP contribution in [0.4, 0.5) is 5.82 Å². The van der Waals surface area contributed by atoms with Crippen LogP contribution in [0.5, 0.6) is 0 Å². The Hall–Kier alpha value is -1.85. The Kier molecular flexibility index (Phi) is 5.09. The van der Waals surface area contributed by atoms with Crippen LogP contribution in [0.1, 0.15) is 29.9 Å². The third-order valence-corrected chi connectivity index (χ3v) is 2.80. The first-order chi connectivity index (χ1) is 8.86. The van der Waals surface area contributed by atoms with Crippen LogP contribution in [-0.2, 0) is 11.8 Å². The van der Waals surface area contributed by atoms with Gasteiger partial charge in [-0.15, -0.1) is 0 Å². The van der Waals surface area contributed by atoms with Crippen molar-refractivity contribution in [3.8, 4) is 0 Å². The summed E-state index contributed by atoms with van der Waals surface area (Å²) in [6.07, 6.45) is 0.778. The maximum absolute atomic E-state index is 11.8. The van der Waals surface area contributed by atoms with Gasteiger partial charge in [0.25, 0.3) is 0 Å². The molecule has 0 aliphatic heterocycles. The number of aldehydes is 1. The van der Waals surface area contributed by atoms with E-state index in [1.54, 1.807) is 30.6 Å². The number of aromatic nitrogens is 2. The van der Waals surface area contributed by atoms with Gasteiger partial charge in [0.05, 0.1) is 17.8 Å². The number of carbonyl (C=O) groups excluding carboxylic acids is 2. The van der Waals surface area contributed by atoms with Crippen LogP contribution < -0.4 is 10.2 Å². The van der Waals surface area contributed by atoms with E-state index in [0.29, 0.717) is 29.5 Å². The van der Waals surface area contributed by atoms with Gasteiger partial charge in [-0.2, -0.15) is 5.10 Å². The smallest absolute Gasteiger partial charge is 0.239 e. The van der Waals surface area contributed by atoms with Gasteiger partial charge in [-0.05, 0) is 12.8 Å². The van der Waals surface area contributed by atoms with Crippen LogP contribution in [0.15, 0.2) is 0 Å². The van der Waals surface area contributed by atoms with E-state index < -0.39 is 0 Å². The van der Waals surface area contributed by atoms with Gasteiger partial charge < -0.3 is 10.2 Å². The Labute approximate surface area is 113 Å². The molecule has 1 aromatic rings. The fourth-order valence-corrected chi connectivity index (χ4v) is 1.92. The lowest BCUT2D eigenvalue weighted by atomic mass is 10.2. The molecule has 1 amide bonds. The number of hydrogen-bond acceptors (Lipinski definition) is 4. The lowest BCUT2D eigenvalue weighted by Crippen LogP contribution is -2.37. The summed E-state index contributed by atoms with van der Waals surface area (Å²) in [5, 5.41) is 7.04. The molecule has 1 aromatic heterocycles. The number of carbonyl (C=O) groups is 2. The predicted octanol–water partition coefficient (Wildman–Crippen LogP) is 0.749. The average Bonchev–Trinajstić information content (AvgIpc) is 2.60. The van der Waals surface area contributed by atoms with Crippen molar-refractivity contribution in [1.29, 1.82) is 0 Å². The highest BCUT2D eigenvalue weighted by Gasteiger charge is 2.18. The van der Waals surface area contributed by atoms with E-state index in [-0.39, 0.29) is 12.5 Å². The molecule has 0 radical (unpaired) electrons. The van der Waals surface area contributed by atoms with E-state index >= 15 is 0 Å². The lowest BCUT2D eigenvalue weighted by molar-refractivity contribution is -0.119. The Balaban J connectivity index is 2.75. The number of aryl methyl sites for hydroxylation is 2. The summed E-state index contributed by atoms with van der Waals surface area (Å²) < 4.78 is 1.62. The molecular weight excluding hydrogens is 244 g/mol. The van der Waals surface area contributed by atoms with Crippen molar-refractivity contribution in [1.82, 2.24) is 15.1 Å². The first-order valence-corrected chi connectivity index (χ1v) is 6.33. The van der Waals surface area contributed by atoms with Crippen molar-refractivity contribution in [3.05, 3.63) is 11.3 Å². The molecule has 0 aromatic carbocycles. The van der Waals surface area contributed by atoms with Gasteiger partial charge in [-0.3, -0.25) is 14.3 Å². The largest absolute Gasteiger partial charge is 0.354 e. The Bertz CT molecular complexity index is 465. The van der Waals surface area contributed by atoms with Crippen molar-refractivity contribution in [2.45, 2.75) is 20.8 Å². The highest BCUT2D eigenvalue weighted by atomic mass is 16.2. The molecule has 106 valence electrons. The fourth-order valence-electron chi connectivity index (χ4n) is 1.92. The lowest BCUT2D eigenvalue weighted by Gasteiger charge is -2.19. The fraction of sp³-hybridized carbons (Fsp3) is 0.615. The first-order valence-electron chi connectivity index (χ1n) is 6.33. The average molecular weight is 266 g/mol. The van der Waals surface area contributed by atoms with Crippen molar-refractivity contribution in [2.24, 2.45) is 13.0 Å². The summed E-state index contributed by atoms with van der Waals surface area (Å²) in [6.45, 7) is 6.71. The summed E-state index contributed by atoms with van der Waals surface area (Å²) in [5.74, 6) is 1.01. The quantitative estimate of drug-likeness (QED) is 0.772. The topological polar surface area (TPSA) is 67.2 Å². The molecule has 1 rings (SSSR count). The molecule has 0 unspecified atom stereocenters. The first kappa shape index (κ1) is 15.2. The number of rotatable bonds is 6. The number of nitrogens with one attached hydrogen (secondary N) is 1. The predicted molar refractivity (Wildman–Crippen MR) is 74.5 cm³/mol. The summed E-state index contributed by atoms with van der Waals surface area (Å²) in [7, 11) is 3.54. The van der Waals surface area contributed by atoms with Gasteiger partial charge in [-0.25, -0.2) is 0 Å². The zero-order valence-corrected chi connectivity index (χ0v) is 12.2. The normalized spacial score (nSPS) is 10.6. The Morgan fingerprint density at radius 3 is 2.68 bits per heavy atom. The maximum Gasteiger partial charge on any atom is 0.239 e. The van der Waals surface area contributed by atoms with E-state index in [9.17, 15) is 9.59 Å². The summed E-state index contributed by atoms with van der Waals surface area (Å²) in [6, 6.07) is 0. The van der Waals surface area contributed by atoms with Crippen molar-refractivity contribution in [2.75, 3.05) is 25.0 Å². The van der Waals surface area contributed by atoms with Gasteiger partial charge in [-0.1, -0.05) is 13.8 Å². The standard InChI is InChI=1S/C13H22N4O2/c1-9(2)6-14-12(19)7-16(4)13-11(8-18)10(3)15-17(13)5/h8-9H,6-7H2,1-5H3,(H,14,19). The second kappa shape index (κ2) is 6.36. The van der Waals surface area contributed by atoms with Crippen molar-refractivity contribution in [3.63, 3.8) is 0 Å². The minimum Gasteiger partial charge on any atom is -0.354 e. The van der Waals surface area contributed by atoms with Crippen molar-refractivity contribution < 1.29 is 9.59 Å². The summed E-state index contributed by atoms with van der Waals surface area (Å²) in [5.41, 5.74) is 1.20. The van der Waals surface area contributed by atoms with Gasteiger partial charge in [0, 0.05) is 20.6 Å². The molecule has 1 N–H and O–H groups in total. The minimum atomic E-state index is -0.0631. The molecule has 0 fully saturated rings. The molecule has 0 bridgehead atoms. The van der Waals surface area contributed by atoms with E-state index in [1.807, 2.05) is 13.8 Å². The summed E-state index contributed by atoms with van der Waals surface area (Å²) >= 11 is 0. The van der Waals surface area contributed by atoms with Crippen LogP contribution in [0, 0.1) is 12.8 Å². The molecule has 0 atom stereocenters. The zero-order valence-electron chi connectivity index (χ0n) is 12.2. The molecule has 19 heavy (non-hydrogen) atoms. The molecule has 0 saturated heterocycles. The number of hydrogen-bond donors (Lipinski definition) is 1. The highest BCUT2D eigenvalue weighted by Crippen LogP contribution is 2.19. The number of amides is 1. The Morgan fingerprint density at radius 2 is 2.16 bits per heavy atom. The zero-order chi connectivity index (χ0) is 14.6. The van der Waals surface area contributed by atoms with E-state index in [1.165, 1.54) is 0 Å². The van der Waals surface area contributed by atoms with Crippen LogP contribution in [0.3, 0.4) is 0 Å². The number of likely N-dealkylation sites (N-methyl/N-ethyl adjacent to an activating group) is 1. The molecule has 6 heteroatoms. The van der Waals surface area contributed by atoms with Gasteiger partial charge in [0.2, 0.25) is 5.91 Å². The van der Waals surface area contributed by atoms with Crippen molar-refractivity contribution >= 4 is 18.0 Å². The van der Waals surface area contributed by atoms with Gasteiger partial charge in [0.15, 0.2) is 6.29 Å². The molecule has 1 heterocycles. The van der Waals surface area contributed by atoms with Gasteiger partial charge in [0.1, 0.15) is 5.82 Å². The molecule has 0 saturated carbocycles. The van der Waals surface area contributed by atoms with Crippen LogP contribution in [-0.4, -0.2) is 42.1 Å². The summed E-state index contributed by atoms with van der Waals surface area (Å²) in [4.78, 5) is 24.6. The van der Waals surface area contributed by atoms with E-state index in [4.69, 9.17) is 0 Å². The highest BCUT2D eigenvalue weighted by molar-refractivity contribution is 5.87. The van der Waals surface area contributed by atoms with Gasteiger partial charge >= 0.3 is 0 Å². The van der Waals surface area contributed by atoms with Crippen LogP contribution in [0.2, 0.25) is 0 Å². The minimum absolute atomic E-state index is 0.0631. The maximum atomic E-state index is 11.8.